The fraction of sp³-hybridized carbons (Fsp3) is 0.600. The second-order valence-corrected chi connectivity index (χ2v) is 6.59. The first kappa shape index (κ1) is 16.8. The van der Waals surface area contributed by atoms with Gasteiger partial charge in [0.15, 0.2) is 0 Å². The first-order valence-electron chi connectivity index (χ1n) is 6.85. The molecule has 0 aromatic heterocycles. The van der Waals surface area contributed by atoms with Crippen molar-refractivity contribution in [2.75, 3.05) is 32.9 Å². The van der Waals surface area contributed by atoms with E-state index in [0.717, 1.165) is 30.3 Å². The molecule has 0 radical (unpaired) electrons. The van der Waals surface area contributed by atoms with E-state index in [2.05, 4.69) is 56.4 Å². The van der Waals surface area contributed by atoms with Crippen LogP contribution in [0, 0.1) is 0 Å². The molecule has 0 aliphatic rings. The molecule has 108 valence electrons. The van der Waals surface area contributed by atoms with Gasteiger partial charge < -0.3 is 10.2 Å². The van der Waals surface area contributed by atoms with E-state index in [1.165, 1.54) is 10.5 Å². The molecule has 0 fully saturated rings. The van der Waals surface area contributed by atoms with Gasteiger partial charge >= 0.3 is 0 Å². The summed E-state index contributed by atoms with van der Waals surface area (Å²) in [4.78, 5) is 3.44. The minimum Gasteiger partial charge on any atom is -0.310 e. The lowest BCUT2D eigenvalue weighted by Gasteiger charge is -2.16. The smallest absolute Gasteiger partial charge is 0.0464 e. The normalized spacial score (nSPS) is 12.9. The van der Waals surface area contributed by atoms with Gasteiger partial charge in [0.05, 0.1) is 0 Å². The molecule has 0 bridgehead atoms. The number of nitrogens with one attached hydrogen (secondary N) is 1. The average Bonchev–Trinajstić information content (AvgIpc) is 2.35. The van der Waals surface area contributed by atoms with Crippen LogP contribution in [-0.2, 0) is 0 Å². The van der Waals surface area contributed by atoms with E-state index in [4.69, 9.17) is 11.6 Å². The second-order valence-electron chi connectivity index (χ2n) is 5.01. The summed E-state index contributed by atoms with van der Waals surface area (Å²) in [5.41, 5.74) is 1.19. The van der Waals surface area contributed by atoms with E-state index in [1.54, 1.807) is 0 Å². The predicted octanol–water partition coefficient (Wildman–Crippen LogP) is 4.05. The molecular weight excluding hydrogens is 276 g/mol. The van der Waals surface area contributed by atoms with E-state index < -0.39 is 0 Å². The summed E-state index contributed by atoms with van der Waals surface area (Å²) in [6.45, 7) is 6.44. The summed E-state index contributed by atoms with van der Waals surface area (Å²) in [6.07, 6.45) is 1.14. The Labute approximate surface area is 126 Å². The largest absolute Gasteiger partial charge is 0.310 e. The van der Waals surface area contributed by atoms with Gasteiger partial charge in [0.1, 0.15) is 0 Å². The van der Waals surface area contributed by atoms with Crippen LogP contribution >= 0.6 is 23.4 Å². The van der Waals surface area contributed by atoms with E-state index in [-0.39, 0.29) is 0 Å². The zero-order chi connectivity index (χ0) is 14.3. The number of halogens is 1. The van der Waals surface area contributed by atoms with Crippen molar-refractivity contribution in [3.8, 4) is 0 Å². The molecule has 1 N–H and O–H groups in total. The Kier molecular flexibility index (Phi) is 7.84. The van der Waals surface area contributed by atoms with Gasteiger partial charge in [-0.1, -0.05) is 24.6 Å². The SMILES string of the molecule is CCCNC(C)c1ccc(SCCN(C)C)cc1Cl. The quantitative estimate of drug-likeness (QED) is 0.729. The van der Waals surface area contributed by atoms with Crippen LogP contribution in [0.3, 0.4) is 0 Å². The molecule has 0 saturated heterocycles. The number of rotatable bonds is 8. The molecule has 0 heterocycles. The molecule has 0 amide bonds. The molecule has 1 unspecified atom stereocenters. The summed E-state index contributed by atoms with van der Waals surface area (Å²) in [5.74, 6) is 1.09. The zero-order valence-electron chi connectivity index (χ0n) is 12.4. The van der Waals surface area contributed by atoms with Crippen molar-refractivity contribution in [1.29, 1.82) is 0 Å². The highest BCUT2D eigenvalue weighted by Gasteiger charge is 2.09. The van der Waals surface area contributed by atoms with Crippen LogP contribution in [0.5, 0.6) is 0 Å². The third-order valence-electron chi connectivity index (χ3n) is 2.95. The number of thioether (sulfide) groups is 1. The van der Waals surface area contributed by atoms with Crippen molar-refractivity contribution in [2.45, 2.75) is 31.2 Å². The maximum absolute atomic E-state index is 6.38. The van der Waals surface area contributed by atoms with Crippen molar-refractivity contribution < 1.29 is 0 Å². The predicted molar refractivity (Wildman–Crippen MR) is 87.4 cm³/mol. The minimum absolute atomic E-state index is 0.313. The first-order valence-corrected chi connectivity index (χ1v) is 8.21. The van der Waals surface area contributed by atoms with Crippen LogP contribution in [0.1, 0.15) is 31.9 Å². The number of nitrogens with zero attached hydrogens (tertiary/aromatic N) is 1. The maximum atomic E-state index is 6.38. The maximum Gasteiger partial charge on any atom is 0.0464 e. The van der Waals surface area contributed by atoms with Crippen molar-refractivity contribution in [3.63, 3.8) is 0 Å². The molecule has 0 spiro atoms. The standard InChI is InChI=1S/C15H25ClN2S/c1-5-8-17-12(2)14-7-6-13(11-15(14)16)19-10-9-18(3)4/h6-7,11-12,17H,5,8-10H2,1-4H3. The summed E-state index contributed by atoms with van der Waals surface area (Å²) < 4.78 is 0. The molecule has 4 heteroatoms. The van der Waals surface area contributed by atoms with Crippen molar-refractivity contribution in [1.82, 2.24) is 10.2 Å². The molecule has 2 nitrogen and oxygen atoms in total. The van der Waals surface area contributed by atoms with Crippen LogP contribution in [0.4, 0.5) is 0 Å². The van der Waals surface area contributed by atoms with Gasteiger partial charge in [-0.2, -0.15) is 0 Å². The molecule has 1 aromatic rings. The van der Waals surface area contributed by atoms with Crippen molar-refractivity contribution in [3.05, 3.63) is 28.8 Å². The lowest BCUT2D eigenvalue weighted by Crippen LogP contribution is -2.19. The topological polar surface area (TPSA) is 15.3 Å². The Morgan fingerprint density at radius 3 is 2.68 bits per heavy atom. The van der Waals surface area contributed by atoms with E-state index in [9.17, 15) is 0 Å². The molecule has 1 rings (SSSR count). The Bertz CT molecular complexity index is 382. The first-order chi connectivity index (χ1) is 9.04. The van der Waals surface area contributed by atoms with Gasteiger partial charge in [-0.25, -0.2) is 0 Å². The van der Waals surface area contributed by atoms with Crippen LogP contribution in [0.2, 0.25) is 5.02 Å². The molecule has 0 aliphatic carbocycles. The molecule has 19 heavy (non-hydrogen) atoms. The van der Waals surface area contributed by atoms with Gasteiger partial charge in [0.25, 0.3) is 0 Å². The van der Waals surface area contributed by atoms with E-state index in [1.807, 2.05) is 11.8 Å². The van der Waals surface area contributed by atoms with E-state index >= 15 is 0 Å². The monoisotopic (exact) mass is 300 g/mol. The Morgan fingerprint density at radius 2 is 2.11 bits per heavy atom. The second kappa shape index (κ2) is 8.85. The van der Waals surface area contributed by atoms with Gasteiger partial charge in [-0.05, 0) is 51.7 Å². The van der Waals surface area contributed by atoms with Crippen molar-refractivity contribution >= 4 is 23.4 Å². The van der Waals surface area contributed by atoms with Crippen LogP contribution in [-0.4, -0.2) is 37.8 Å². The number of hydrogen-bond acceptors (Lipinski definition) is 3. The number of benzene rings is 1. The van der Waals surface area contributed by atoms with Crippen LogP contribution < -0.4 is 5.32 Å². The third kappa shape index (κ3) is 6.17. The van der Waals surface area contributed by atoms with Crippen LogP contribution in [0.15, 0.2) is 23.1 Å². The van der Waals surface area contributed by atoms with E-state index in [0.29, 0.717) is 6.04 Å². The van der Waals surface area contributed by atoms with Gasteiger partial charge in [-0.3, -0.25) is 0 Å². The summed E-state index contributed by atoms with van der Waals surface area (Å²) in [6, 6.07) is 6.72. The highest BCUT2D eigenvalue weighted by Crippen LogP contribution is 2.28. The highest BCUT2D eigenvalue weighted by molar-refractivity contribution is 7.99. The molecule has 0 aliphatic heterocycles. The van der Waals surface area contributed by atoms with Gasteiger partial charge in [0.2, 0.25) is 0 Å². The summed E-state index contributed by atoms with van der Waals surface area (Å²) in [7, 11) is 4.19. The average molecular weight is 301 g/mol. The summed E-state index contributed by atoms with van der Waals surface area (Å²) in [5, 5.41) is 4.34. The lowest BCUT2D eigenvalue weighted by molar-refractivity contribution is 0.437. The molecule has 1 atom stereocenters. The number of hydrogen-bond donors (Lipinski definition) is 1. The van der Waals surface area contributed by atoms with Crippen molar-refractivity contribution in [2.24, 2.45) is 0 Å². The lowest BCUT2D eigenvalue weighted by atomic mass is 10.1. The molecular formula is C15H25ClN2S. The Balaban J connectivity index is 2.58. The molecule has 0 saturated carbocycles. The Hall–Kier alpha value is -0.220. The fourth-order valence-corrected chi connectivity index (χ4v) is 3.23. The van der Waals surface area contributed by atoms with Gasteiger partial charge in [0, 0.05) is 28.3 Å². The highest BCUT2D eigenvalue weighted by atomic mass is 35.5. The Morgan fingerprint density at radius 1 is 1.37 bits per heavy atom. The fourth-order valence-electron chi connectivity index (χ4n) is 1.77. The summed E-state index contributed by atoms with van der Waals surface area (Å²) >= 11 is 8.24. The van der Waals surface area contributed by atoms with Crippen LogP contribution in [0.25, 0.3) is 0 Å². The third-order valence-corrected chi connectivity index (χ3v) is 4.25. The minimum atomic E-state index is 0.313. The van der Waals surface area contributed by atoms with Gasteiger partial charge in [-0.15, -0.1) is 11.8 Å². The molecule has 1 aromatic carbocycles. The zero-order valence-corrected chi connectivity index (χ0v) is 13.9.